The summed E-state index contributed by atoms with van der Waals surface area (Å²) in [4.78, 5) is 39.3. The van der Waals surface area contributed by atoms with E-state index >= 15 is 0 Å². The fraction of sp³-hybridized carbons (Fsp3) is 0. The first-order valence-corrected chi connectivity index (χ1v) is 7.41. The quantitative estimate of drug-likeness (QED) is 0.771. The lowest BCUT2D eigenvalue weighted by atomic mass is 10.2. The largest absolute Gasteiger partial charge is 0.478 e. The molecule has 6 nitrogen and oxygen atoms in total. The molecule has 0 unspecified atom stereocenters. The Bertz CT molecular complexity index is 967. The van der Waals surface area contributed by atoms with Gasteiger partial charge in [-0.25, -0.2) is 9.78 Å². The van der Waals surface area contributed by atoms with Gasteiger partial charge in [-0.3, -0.25) is 14.9 Å². The third-order valence-electron chi connectivity index (χ3n) is 3.13. The van der Waals surface area contributed by atoms with Gasteiger partial charge in [-0.2, -0.15) is 0 Å². The van der Waals surface area contributed by atoms with Crippen molar-refractivity contribution in [2.75, 3.05) is 5.32 Å². The van der Waals surface area contributed by atoms with Crippen LogP contribution in [0.4, 0.5) is 5.13 Å². The molecule has 1 amide bonds. The summed E-state index contributed by atoms with van der Waals surface area (Å²) in [6, 6.07) is 12.6. The monoisotopic (exact) mass is 326 g/mol. The third-order valence-corrected chi connectivity index (χ3v) is 3.92. The van der Waals surface area contributed by atoms with Crippen LogP contribution in [0.2, 0.25) is 0 Å². The molecule has 114 valence electrons. The van der Waals surface area contributed by atoms with Crippen LogP contribution in [0.15, 0.2) is 53.3 Å². The molecular weight excluding hydrogens is 316 g/mol. The van der Waals surface area contributed by atoms with Crippen molar-refractivity contribution in [3.05, 3.63) is 69.2 Å². The Morgan fingerprint density at radius 2 is 1.78 bits per heavy atom. The van der Waals surface area contributed by atoms with Gasteiger partial charge in [0.05, 0.1) is 16.5 Å². The summed E-state index contributed by atoms with van der Waals surface area (Å²) in [6.45, 7) is 0. The zero-order chi connectivity index (χ0) is 16.4. The Kier molecular flexibility index (Phi) is 3.86. The van der Waals surface area contributed by atoms with E-state index in [2.05, 4.69) is 10.3 Å². The lowest BCUT2D eigenvalue weighted by Gasteiger charge is -2.05. The summed E-state index contributed by atoms with van der Waals surface area (Å²) in [5.74, 6) is -1.49. The first-order chi connectivity index (χ1) is 11.0. The second-order valence-electron chi connectivity index (χ2n) is 4.66. The SMILES string of the molecule is O=C(O)c1ccc2c(=O)sc(NC(=O)c3ccccc3)nc2c1. The number of hydrogen-bond acceptors (Lipinski definition) is 5. The smallest absolute Gasteiger partial charge is 0.335 e. The van der Waals surface area contributed by atoms with E-state index in [1.807, 2.05) is 0 Å². The Balaban J connectivity index is 2.00. The fourth-order valence-corrected chi connectivity index (χ4v) is 2.76. The lowest BCUT2D eigenvalue weighted by Crippen LogP contribution is -2.13. The second kappa shape index (κ2) is 5.98. The summed E-state index contributed by atoms with van der Waals surface area (Å²) >= 11 is 0.798. The van der Waals surface area contributed by atoms with E-state index < -0.39 is 5.97 Å². The van der Waals surface area contributed by atoms with Crippen LogP contribution in [0.3, 0.4) is 0 Å². The standard InChI is InChI=1S/C16H10N2O4S/c19-13(9-4-2-1-3-5-9)18-16-17-12-8-10(14(20)21)6-7-11(12)15(22)23-16/h1-8H,(H,20,21)(H,17,18,19). The lowest BCUT2D eigenvalue weighted by molar-refractivity contribution is 0.0696. The van der Waals surface area contributed by atoms with Crippen molar-refractivity contribution in [2.24, 2.45) is 0 Å². The van der Waals surface area contributed by atoms with Crippen molar-refractivity contribution in [3.8, 4) is 0 Å². The highest BCUT2D eigenvalue weighted by molar-refractivity contribution is 7.13. The molecule has 0 spiro atoms. The number of carboxylic acids is 1. The molecule has 0 saturated heterocycles. The average Bonchev–Trinajstić information content (AvgIpc) is 2.55. The molecule has 2 N–H and O–H groups in total. The Labute approximate surface area is 134 Å². The molecule has 0 saturated carbocycles. The van der Waals surface area contributed by atoms with Crippen molar-refractivity contribution < 1.29 is 14.7 Å². The molecule has 0 radical (unpaired) electrons. The van der Waals surface area contributed by atoms with Crippen molar-refractivity contribution in [1.29, 1.82) is 0 Å². The second-order valence-corrected chi connectivity index (χ2v) is 5.63. The van der Waals surface area contributed by atoms with Crippen LogP contribution in [0.5, 0.6) is 0 Å². The third kappa shape index (κ3) is 3.09. The van der Waals surface area contributed by atoms with Crippen molar-refractivity contribution in [2.45, 2.75) is 0 Å². The summed E-state index contributed by atoms with van der Waals surface area (Å²) in [7, 11) is 0. The molecule has 23 heavy (non-hydrogen) atoms. The number of aromatic nitrogens is 1. The number of aromatic carboxylic acids is 1. The number of benzene rings is 2. The van der Waals surface area contributed by atoms with E-state index in [-0.39, 0.29) is 26.9 Å². The molecular formula is C16H10N2O4S. The Morgan fingerprint density at radius 1 is 1.04 bits per heavy atom. The molecule has 1 heterocycles. The van der Waals surface area contributed by atoms with Gasteiger partial charge in [-0.05, 0) is 30.3 Å². The fourth-order valence-electron chi connectivity index (χ4n) is 2.02. The number of nitrogens with one attached hydrogen (secondary N) is 1. The number of amides is 1. The highest BCUT2D eigenvalue weighted by Gasteiger charge is 2.11. The molecule has 3 rings (SSSR count). The minimum Gasteiger partial charge on any atom is -0.478 e. The highest BCUT2D eigenvalue weighted by atomic mass is 32.1. The number of carbonyl (C=O) groups is 2. The van der Waals surface area contributed by atoms with Crippen molar-refractivity contribution >= 4 is 39.2 Å². The molecule has 1 aromatic heterocycles. The number of nitrogens with zero attached hydrogens (tertiary/aromatic N) is 1. The number of anilines is 1. The Hall–Kier alpha value is -3.06. The van der Waals surface area contributed by atoms with Gasteiger partial charge in [0, 0.05) is 5.56 Å². The van der Waals surface area contributed by atoms with E-state index in [1.165, 1.54) is 18.2 Å². The minimum atomic E-state index is -1.11. The number of carbonyl (C=O) groups excluding carboxylic acids is 1. The molecule has 2 aromatic carbocycles. The predicted molar refractivity (Wildman–Crippen MR) is 87.2 cm³/mol. The molecule has 0 aliphatic rings. The topological polar surface area (TPSA) is 96.4 Å². The summed E-state index contributed by atoms with van der Waals surface area (Å²) in [5, 5.41) is 12.0. The Morgan fingerprint density at radius 3 is 2.48 bits per heavy atom. The minimum absolute atomic E-state index is 0.0286. The first-order valence-electron chi connectivity index (χ1n) is 6.59. The van der Waals surface area contributed by atoms with Crippen molar-refractivity contribution in [1.82, 2.24) is 4.98 Å². The maximum Gasteiger partial charge on any atom is 0.335 e. The number of hydrogen-bond donors (Lipinski definition) is 2. The molecule has 0 bridgehead atoms. The van der Waals surface area contributed by atoms with E-state index in [1.54, 1.807) is 30.3 Å². The maximum atomic E-state index is 12.1. The van der Waals surface area contributed by atoms with Crippen LogP contribution in [0.1, 0.15) is 20.7 Å². The first kappa shape index (κ1) is 14.9. The average molecular weight is 326 g/mol. The number of rotatable bonds is 3. The number of fused-ring (bicyclic) bond motifs is 1. The zero-order valence-electron chi connectivity index (χ0n) is 11.6. The van der Waals surface area contributed by atoms with Crippen LogP contribution in [-0.4, -0.2) is 22.0 Å². The predicted octanol–water partition coefficient (Wildman–Crippen LogP) is 2.61. The maximum absolute atomic E-state index is 12.1. The molecule has 0 aliphatic heterocycles. The van der Waals surface area contributed by atoms with Gasteiger partial charge in [-0.15, -0.1) is 0 Å². The van der Waals surface area contributed by atoms with Gasteiger partial charge >= 0.3 is 5.97 Å². The molecule has 0 fully saturated rings. The van der Waals surface area contributed by atoms with E-state index in [9.17, 15) is 14.4 Å². The molecule has 7 heteroatoms. The van der Waals surface area contributed by atoms with E-state index in [4.69, 9.17) is 5.11 Å². The van der Waals surface area contributed by atoms with Crippen molar-refractivity contribution in [3.63, 3.8) is 0 Å². The van der Waals surface area contributed by atoms with Gasteiger partial charge in [-0.1, -0.05) is 29.5 Å². The van der Waals surface area contributed by atoms with Gasteiger partial charge in [0.2, 0.25) is 4.74 Å². The van der Waals surface area contributed by atoms with Crippen LogP contribution < -0.4 is 10.1 Å². The zero-order valence-corrected chi connectivity index (χ0v) is 12.5. The summed E-state index contributed by atoms with van der Waals surface area (Å²) in [5.41, 5.74) is 0.700. The van der Waals surface area contributed by atoms with Crippen LogP contribution in [0.25, 0.3) is 10.9 Å². The molecule has 0 atom stereocenters. The van der Waals surface area contributed by atoms with Crippen LogP contribution >= 0.6 is 11.3 Å². The molecule has 0 aliphatic carbocycles. The van der Waals surface area contributed by atoms with Gasteiger partial charge in [0.15, 0.2) is 5.13 Å². The van der Waals surface area contributed by atoms with Crippen LogP contribution in [0, 0.1) is 0 Å². The summed E-state index contributed by atoms with van der Waals surface area (Å²) in [6.07, 6.45) is 0. The van der Waals surface area contributed by atoms with E-state index in [0.717, 1.165) is 11.3 Å². The highest BCUT2D eigenvalue weighted by Crippen LogP contribution is 2.17. The van der Waals surface area contributed by atoms with Gasteiger partial charge < -0.3 is 5.11 Å². The van der Waals surface area contributed by atoms with Crippen LogP contribution in [-0.2, 0) is 0 Å². The normalized spacial score (nSPS) is 10.4. The number of carboxylic acid groups (broad SMARTS) is 1. The van der Waals surface area contributed by atoms with E-state index in [0.29, 0.717) is 10.9 Å². The van der Waals surface area contributed by atoms with Gasteiger partial charge in [0.1, 0.15) is 0 Å². The summed E-state index contributed by atoms with van der Waals surface area (Å²) < 4.78 is -0.296. The molecule has 3 aromatic rings. The van der Waals surface area contributed by atoms with Gasteiger partial charge in [0.25, 0.3) is 5.91 Å².